The van der Waals surface area contributed by atoms with Crippen molar-refractivity contribution >= 4 is 23.1 Å². The number of nitrogens with zero attached hydrogens (tertiary/aromatic N) is 1. The lowest BCUT2D eigenvalue weighted by Gasteiger charge is -2.24. The predicted octanol–water partition coefficient (Wildman–Crippen LogP) is 5.09. The lowest BCUT2D eigenvalue weighted by atomic mass is 10.0. The molecule has 1 fully saturated rings. The van der Waals surface area contributed by atoms with E-state index in [0.29, 0.717) is 16.3 Å². The summed E-state index contributed by atoms with van der Waals surface area (Å²) in [5, 5.41) is 0.305. The van der Waals surface area contributed by atoms with Crippen molar-refractivity contribution in [1.29, 1.82) is 0 Å². The summed E-state index contributed by atoms with van der Waals surface area (Å²) in [6.45, 7) is 1.67. The Hall–Kier alpha value is -1.87. The highest BCUT2D eigenvalue weighted by atomic mass is 35.5. The van der Waals surface area contributed by atoms with Gasteiger partial charge < -0.3 is 4.90 Å². The van der Waals surface area contributed by atoms with E-state index in [9.17, 15) is 9.18 Å². The van der Waals surface area contributed by atoms with E-state index in [4.69, 9.17) is 11.6 Å². The van der Waals surface area contributed by atoms with E-state index in [0.717, 1.165) is 25.9 Å². The van der Waals surface area contributed by atoms with E-state index in [-0.39, 0.29) is 17.2 Å². The van der Waals surface area contributed by atoms with Crippen LogP contribution in [0.2, 0.25) is 5.02 Å². The van der Waals surface area contributed by atoms with Crippen molar-refractivity contribution in [1.82, 2.24) is 0 Å². The second-order valence-corrected chi connectivity index (χ2v) is 6.29. The van der Waals surface area contributed by atoms with Gasteiger partial charge in [0, 0.05) is 24.2 Å². The standard InChI is InChI=1S/C19H19ClFNO/c20-16-13-18(22-10-6-1-2-7-11-22)17(21)12-15(16)19(23)14-8-4-3-5-9-14/h3-5,8-9,12-13H,1-2,6-7,10-11H2. The van der Waals surface area contributed by atoms with Crippen LogP contribution in [0.15, 0.2) is 42.5 Å². The van der Waals surface area contributed by atoms with Crippen LogP contribution >= 0.6 is 11.6 Å². The Bertz CT molecular complexity index is 694. The minimum Gasteiger partial charge on any atom is -0.369 e. The molecule has 1 heterocycles. The maximum Gasteiger partial charge on any atom is 0.194 e. The van der Waals surface area contributed by atoms with Crippen molar-refractivity contribution in [3.05, 3.63) is 64.4 Å². The SMILES string of the molecule is O=C(c1ccccc1)c1cc(F)c(N2CCCCCC2)cc1Cl. The molecule has 2 nitrogen and oxygen atoms in total. The number of rotatable bonds is 3. The number of halogens is 2. The van der Waals surface area contributed by atoms with E-state index in [2.05, 4.69) is 0 Å². The molecular formula is C19H19ClFNO. The molecule has 0 aliphatic carbocycles. The van der Waals surface area contributed by atoms with Crippen molar-refractivity contribution in [3.63, 3.8) is 0 Å². The molecular weight excluding hydrogens is 313 g/mol. The zero-order valence-electron chi connectivity index (χ0n) is 12.9. The summed E-state index contributed by atoms with van der Waals surface area (Å²) in [7, 11) is 0. The van der Waals surface area contributed by atoms with Crippen LogP contribution in [-0.4, -0.2) is 18.9 Å². The Labute approximate surface area is 140 Å². The van der Waals surface area contributed by atoms with E-state index < -0.39 is 0 Å². The maximum absolute atomic E-state index is 14.6. The van der Waals surface area contributed by atoms with Crippen molar-refractivity contribution in [2.24, 2.45) is 0 Å². The summed E-state index contributed by atoms with van der Waals surface area (Å²) in [5.41, 5.74) is 1.23. The fourth-order valence-electron chi connectivity index (χ4n) is 3.01. The van der Waals surface area contributed by atoms with Gasteiger partial charge in [0.15, 0.2) is 5.78 Å². The second kappa shape index (κ2) is 7.14. The molecule has 0 spiro atoms. The summed E-state index contributed by atoms with van der Waals surface area (Å²) in [6.07, 6.45) is 4.47. The number of carbonyl (C=O) groups excluding carboxylic acids is 1. The topological polar surface area (TPSA) is 20.3 Å². The molecule has 120 valence electrons. The average Bonchev–Trinajstić information content (AvgIpc) is 2.86. The van der Waals surface area contributed by atoms with Crippen molar-refractivity contribution in [2.45, 2.75) is 25.7 Å². The number of ketones is 1. The lowest BCUT2D eigenvalue weighted by Crippen LogP contribution is -2.25. The molecule has 0 unspecified atom stereocenters. The third kappa shape index (κ3) is 3.56. The molecule has 2 aromatic rings. The summed E-state index contributed by atoms with van der Waals surface area (Å²) in [5.74, 6) is -0.632. The van der Waals surface area contributed by atoms with Gasteiger partial charge >= 0.3 is 0 Å². The van der Waals surface area contributed by atoms with Crippen LogP contribution in [0.1, 0.15) is 41.6 Å². The Morgan fingerprint density at radius 2 is 1.65 bits per heavy atom. The molecule has 4 heteroatoms. The van der Waals surface area contributed by atoms with Gasteiger partial charge in [-0.1, -0.05) is 54.8 Å². The van der Waals surface area contributed by atoms with Gasteiger partial charge in [0.05, 0.1) is 10.7 Å². The van der Waals surface area contributed by atoms with Crippen molar-refractivity contribution < 1.29 is 9.18 Å². The van der Waals surface area contributed by atoms with Crippen molar-refractivity contribution in [2.75, 3.05) is 18.0 Å². The highest BCUT2D eigenvalue weighted by Gasteiger charge is 2.20. The van der Waals surface area contributed by atoms with Gasteiger partial charge in [0.2, 0.25) is 0 Å². The molecule has 1 saturated heterocycles. The first-order valence-electron chi connectivity index (χ1n) is 8.00. The lowest BCUT2D eigenvalue weighted by molar-refractivity contribution is 0.103. The zero-order valence-corrected chi connectivity index (χ0v) is 13.7. The first-order valence-corrected chi connectivity index (χ1v) is 8.38. The minimum absolute atomic E-state index is 0.217. The van der Waals surface area contributed by atoms with E-state index in [1.807, 2.05) is 11.0 Å². The fraction of sp³-hybridized carbons (Fsp3) is 0.316. The Balaban J connectivity index is 1.92. The van der Waals surface area contributed by atoms with Gasteiger partial charge in [-0.3, -0.25) is 4.79 Å². The highest BCUT2D eigenvalue weighted by molar-refractivity contribution is 6.35. The molecule has 0 amide bonds. The largest absolute Gasteiger partial charge is 0.369 e. The molecule has 0 N–H and O–H groups in total. The third-order valence-corrected chi connectivity index (χ3v) is 4.58. The molecule has 0 atom stereocenters. The van der Waals surface area contributed by atoms with Crippen LogP contribution in [0.4, 0.5) is 10.1 Å². The number of hydrogen-bond donors (Lipinski definition) is 0. The maximum atomic E-state index is 14.6. The van der Waals surface area contributed by atoms with Gasteiger partial charge in [-0.2, -0.15) is 0 Å². The van der Waals surface area contributed by atoms with E-state index in [1.165, 1.54) is 18.9 Å². The van der Waals surface area contributed by atoms with E-state index in [1.54, 1.807) is 30.3 Å². The van der Waals surface area contributed by atoms with Crippen LogP contribution in [0.25, 0.3) is 0 Å². The van der Waals surface area contributed by atoms with Gasteiger partial charge in [-0.15, -0.1) is 0 Å². The first kappa shape index (κ1) is 16.0. The fourth-order valence-corrected chi connectivity index (χ4v) is 3.25. The number of carbonyl (C=O) groups is 1. The Kier molecular flexibility index (Phi) is 4.97. The molecule has 0 bridgehead atoms. The van der Waals surface area contributed by atoms with Gasteiger partial charge in [0.25, 0.3) is 0 Å². The molecule has 0 aromatic heterocycles. The number of hydrogen-bond acceptors (Lipinski definition) is 2. The number of benzene rings is 2. The molecule has 3 rings (SSSR count). The van der Waals surface area contributed by atoms with Crippen LogP contribution in [0.5, 0.6) is 0 Å². The average molecular weight is 332 g/mol. The van der Waals surface area contributed by atoms with E-state index >= 15 is 0 Å². The van der Waals surface area contributed by atoms with Crippen LogP contribution < -0.4 is 4.90 Å². The second-order valence-electron chi connectivity index (χ2n) is 5.88. The van der Waals surface area contributed by atoms with Gasteiger partial charge in [0.1, 0.15) is 5.82 Å². The Morgan fingerprint density at radius 3 is 2.30 bits per heavy atom. The first-order chi connectivity index (χ1) is 11.2. The van der Waals surface area contributed by atoms with Crippen LogP contribution in [0, 0.1) is 5.82 Å². The summed E-state index contributed by atoms with van der Waals surface area (Å²) in [6, 6.07) is 11.7. The quantitative estimate of drug-likeness (QED) is 0.730. The molecule has 2 aromatic carbocycles. The Morgan fingerprint density at radius 1 is 1.00 bits per heavy atom. The molecule has 23 heavy (non-hydrogen) atoms. The monoisotopic (exact) mass is 331 g/mol. The zero-order chi connectivity index (χ0) is 16.2. The highest BCUT2D eigenvalue weighted by Crippen LogP contribution is 2.30. The summed E-state index contributed by atoms with van der Waals surface area (Å²) in [4.78, 5) is 14.5. The summed E-state index contributed by atoms with van der Waals surface area (Å²) < 4.78 is 14.6. The van der Waals surface area contributed by atoms with Gasteiger partial charge in [-0.25, -0.2) is 4.39 Å². The van der Waals surface area contributed by atoms with Crippen LogP contribution in [0.3, 0.4) is 0 Å². The molecule has 1 aliphatic heterocycles. The summed E-state index contributed by atoms with van der Waals surface area (Å²) >= 11 is 6.29. The smallest absolute Gasteiger partial charge is 0.194 e. The predicted molar refractivity (Wildman–Crippen MR) is 92.0 cm³/mol. The van der Waals surface area contributed by atoms with Crippen LogP contribution in [-0.2, 0) is 0 Å². The molecule has 0 radical (unpaired) electrons. The normalized spacial score (nSPS) is 15.3. The molecule has 0 saturated carbocycles. The van der Waals surface area contributed by atoms with Crippen molar-refractivity contribution in [3.8, 4) is 0 Å². The molecule has 1 aliphatic rings. The minimum atomic E-state index is -0.379. The number of anilines is 1. The third-order valence-electron chi connectivity index (χ3n) is 4.26. The van der Waals surface area contributed by atoms with Gasteiger partial charge in [-0.05, 0) is 25.0 Å².